The van der Waals surface area contributed by atoms with E-state index >= 15 is 0 Å². The first-order valence-corrected chi connectivity index (χ1v) is 7.52. The second kappa shape index (κ2) is 6.09. The highest BCUT2D eigenvalue weighted by Crippen LogP contribution is 2.36. The topological polar surface area (TPSA) is 56.5 Å². The lowest BCUT2D eigenvalue weighted by Crippen LogP contribution is -2.17. The Morgan fingerprint density at radius 3 is 2.67 bits per heavy atom. The van der Waals surface area contributed by atoms with Gasteiger partial charge in [-0.2, -0.15) is 11.8 Å². The van der Waals surface area contributed by atoms with Crippen LogP contribution < -0.4 is 20.5 Å². The maximum Gasteiger partial charge on any atom is 0.163 e. The first-order valence-electron chi connectivity index (χ1n) is 6.12. The summed E-state index contributed by atoms with van der Waals surface area (Å²) in [5.41, 5.74) is 7.63. The van der Waals surface area contributed by atoms with Gasteiger partial charge in [-0.3, -0.25) is 0 Å². The molecular weight excluding hydrogens is 248 g/mol. The van der Waals surface area contributed by atoms with Crippen LogP contribution in [0.15, 0.2) is 12.1 Å². The molecule has 0 bridgehead atoms. The van der Waals surface area contributed by atoms with Crippen LogP contribution in [0.25, 0.3) is 0 Å². The highest BCUT2D eigenvalue weighted by molar-refractivity contribution is 7.98. The zero-order valence-electron chi connectivity index (χ0n) is 10.9. The monoisotopic (exact) mass is 268 g/mol. The van der Waals surface area contributed by atoms with Crippen LogP contribution in [0.4, 0.5) is 11.4 Å². The molecule has 0 radical (unpaired) electrons. The largest absolute Gasteiger partial charge is 0.486 e. The van der Waals surface area contributed by atoms with Crippen molar-refractivity contribution in [1.82, 2.24) is 0 Å². The minimum Gasteiger partial charge on any atom is -0.486 e. The van der Waals surface area contributed by atoms with E-state index in [2.05, 4.69) is 18.5 Å². The molecule has 0 spiro atoms. The van der Waals surface area contributed by atoms with E-state index in [1.165, 1.54) is 0 Å². The molecular formula is C13H20N2O2S. The van der Waals surface area contributed by atoms with Gasteiger partial charge in [-0.1, -0.05) is 6.92 Å². The molecule has 1 heterocycles. The molecule has 0 fully saturated rings. The third kappa shape index (κ3) is 3.16. The minimum absolute atomic E-state index is 0.587. The number of hydrogen-bond acceptors (Lipinski definition) is 5. The van der Waals surface area contributed by atoms with Crippen molar-refractivity contribution in [3.63, 3.8) is 0 Å². The van der Waals surface area contributed by atoms with Crippen LogP contribution in [0.2, 0.25) is 0 Å². The number of nitrogens with two attached hydrogens (primary N) is 1. The maximum absolute atomic E-state index is 6.00. The van der Waals surface area contributed by atoms with E-state index in [0.29, 0.717) is 24.8 Å². The van der Waals surface area contributed by atoms with E-state index in [0.717, 1.165) is 29.5 Å². The van der Waals surface area contributed by atoms with Crippen molar-refractivity contribution in [1.29, 1.82) is 0 Å². The number of thioether (sulfide) groups is 1. The fraction of sp³-hybridized carbons (Fsp3) is 0.538. The molecule has 18 heavy (non-hydrogen) atoms. The van der Waals surface area contributed by atoms with Crippen LogP contribution in [0, 0.1) is 5.92 Å². The van der Waals surface area contributed by atoms with Crippen molar-refractivity contribution in [2.24, 2.45) is 5.92 Å². The van der Waals surface area contributed by atoms with Crippen LogP contribution in [-0.2, 0) is 0 Å². The molecule has 1 atom stereocenters. The molecule has 2 rings (SSSR count). The van der Waals surface area contributed by atoms with Gasteiger partial charge in [-0.25, -0.2) is 0 Å². The van der Waals surface area contributed by atoms with Crippen LogP contribution in [0.1, 0.15) is 6.92 Å². The summed E-state index contributed by atoms with van der Waals surface area (Å²) >= 11 is 1.86. The third-order valence-corrected chi connectivity index (χ3v) is 3.71. The Balaban J connectivity index is 2.04. The Morgan fingerprint density at radius 2 is 2.00 bits per heavy atom. The van der Waals surface area contributed by atoms with Crippen molar-refractivity contribution < 1.29 is 9.47 Å². The molecule has 1 unspecified atom stereocenters. The number of benzene rings is 1. The zero-order chi connectivity index (χ0) is 13.0. The second-order valence-electron chi connectivity index (χ2n) is 4.52. The molecule has 5 heteroatoms. The summed E-state index contributed by atoms with van der Waals surface area (Å²) in [4.78, 5) is 0. The number of anilines is 2. The van der Waals surface area contributed by atoms with Crippen LogP contribution in [-0.4, -0.2) is 31.8 Å². The lowest BCUT2D eigenvalue weighted by molar-refractivity contribution is 0.172. The molecule has 100 valence electrons. The zero-order valence-corrected chi connectivity index (χ0v) is 11.7. The van der Waals surface area contributed by atoms with Gasteiger partial charge in [0.2, 0.25) is 0 Å². The van der Waals surface area contributed by atoms with E-state index in [9.17, 15) is 0 Å². The van der Waals surface area contributed by atoms with E-state index in [1.807, 2.05) is 23.9 Å². The highest BCUT2D eigenvalue weighted by atomic mass is 32.2. The Labute approximate surface area is 112 Å². The van der Waals surface area contributed by atoms with Crippen LogP contribution in [0.5, 0.6) is 11.5 Å². The maximum atomic E-state index is 6.00. The van der Waals surface area contributed by atoms with Gasteiger partial charge in [-0.15, -0.1) is 0 Å². The third-order valence-electron chi connectivity index (χ3n) is 2.81. The lowest BCUT2D eigenvalue weighted by atomic mass is 10.2. The van der Waals surface area contributed by atoms with E-state index in [-0.39, 0.29) is 0 Å². The first-order chi connectivity index (χ1) is 8.70. The van der Waals surface area contributed by atoms with Gasteiger partial charge in [0, 0.05) is 18.7 Å². The molecule has 1 aromatic carbocycles. The Bertz CT molecular complexity index is 412. The van der Waals surface area contributed by atoms with Gasteiger partial charge in [0.1, 0.15) is 13.2 Å². The fourth-order valence-electron chi connectivity index (χ4n) is 1.89. The molecule has 1 aliphatic heterocycles. The SMILES string of the molecule is CSCC(C)CNc1cc2c(cc1N)OCCO2. The minimum atomic E-state index is 0.587. The smallest absolute Gasteiger partial charge is 0.163 e. The molecule has 0 saturated heterocycles. The molecule has 0 aliphatic carbocycles. The van der Waals surface area contributed by atoms with Gasteiger partial charge in [-0.05, 0) is 17.9 Å². The number of nitrogen functional groups attached to an aromatic ring is 1. The molecule has 1 aromatic rings. The number of fused-ring (bicyclic) bond motifs is 1. The molecule has 0 saturated carbocycles. The summed E-state index contributed by atoms with van der Waals surface area (Å²) in [6, 6.07) is 3.76. The summed E-state index contributed by atoms with van der Waals surface area (Å²) in [6.45, 7) is 4.31. The molecule has 0 amide bonds. The van der Waals surface area contributed by atoms with Gasteiger partial charge in [0.25, 0.3) is 0 Å². The molecule has 0 aromatic heterocycles. The number of rotatable bonds is 5. The van der Waals surface area contributed by atoms with Crippen molar-refractivity contribution in [3.8, 4) is 11.5 Å². The summed E-state index contributed by atoms with van der Waals surface area (Å²) < 4.78 is 11.0. The molecule has 4 nitrogen and oxygen atoms in total. The summed E-state index contributed by atoms with van der Waals surface area (Å²) in [6.07, 6.45) is 2.12. The Hall–Kier alpha value is -1.23. The Morgan fingerprint density at radius 1 is 1.33 bits per heavy atom. The van der Waals surface area contributed by atoms with Crippen LogP contribution in [0.3, 0.4) is 0 Å². The average Bonchev–Trinajstić information content (AvgIpc) is 2.36. The number of nitrogens with one attached hydrogen (secondary N) is 1. The second-order valence-corrected chi connectivity index (χ2v) is 5.44. The van der Waals surface area contributed by atoms with E-state index < -0.39 is 0 Å². The average molecular weight is 268 g/mol. The van der Waals surface area contributed by atoms with Crippen molar-refractivity contribution >= 4 is 23.1 Å². The van der Waals surface area contributed by atoms with Crippen LogP contribution >= 0.6 is 11.8 Å². The van der Waals surface area contributed by atoms with Crippen molar-refractivity contribution in [2.45, 2.75) is 6.92 Å². The van der Waals surface area contributed by atoms with E-state index in [4.69, 9.17) is 15.2 Å². The Kier molecular flexibility index (Phi) is 4.47. The fourth-order valence-corrected chi connectivity index (χ4v) is 2.57. The lowest BCUT2D eigenvalue weighted by Gasteiger charge is -2.21. The number of ether oxygens (including phenoxy) is 2. The normalized spacial score (nSPS) is 15.2. The summed E-state index contributed by atoms with van der Waals surface area (Å²) in [5.74, 6) is 3.25. The van der Waals surface area contributed by atoms with Gasteiger partial charge in [0.15, 0.2) is 11.5 Å². The highest BCUT2D eigenvalue weighted by Gasteiger charge is 2.14. The van der Waals surface area contributed by atoms with Crippen molar-refractivity contribution in [2.75, 3.05) is 42.8 Å². The predicted octanol–water partition coefficient (Wildman–Crippen LogP) is 2.45. The van der Waals surface area contributed by atoms with Gasteiger partial charge in [0.05, 0.1) is 11.4 Å². The summed E-state index contributed by atoms with van der Waals surface area (Å²) in [7, 11) is 0. The van der Waals surface area contributed by atoms with Crippen molar-refractivity contribution in [3.05, 3.63) is 12.1 Å². The standard InChI is InChI=1S/C13H20N2O2S/c1-9(8-18-2)7-15-11-6-13-12(5-10(11)14)16-3-4-17-13/h5-6,9,15H,3-4,7-8,14H2,1-2H3. The van der Waals surface area contributed by atoms with Gasteiger partial charge >= 0.3 is 0 Å². The number of hydrogen-bond donors (Lipinski definition) is 2. The molecule has 1 aliphatic rings. The van der Waals surface area contributed by atoms with E-state index in [1.54, 1.807) is 0 Å². The summed E-state index contributed by atoms with van der Waals surface area (Å²) in [5, 5.41) is 3.37. The molecule has 3 N–H and O–H groups in total. The predicted molar refractivity (Wildman–Crippen MR) is 77.9 cm³/mol. The van der Waals surface area contributed by atoms with Gasteiger partial charge < -0.3 is 20.5 Å². The first kappa shape index (κ1) is 13.2. The quantitative estimate of drug-likeness (QED) is 0.803.